The van der Waals surface area contributed by atoms with Crippen molar-refractivity contribution in [3.63, 3.8) is 0 Å². The average molecular weight is 400 g/mol. The third-order valence-corrected chi connectivity index (χ3v) is 2.59. The van der Waals surface area contributed by atoms with Crippen molar-refractivity contribution in [3.8, 4) is 0 Å². The molecule has 0 radical (unpaired) electrons. The van der Waals surface area contributed by atoms with Crippen LogP contribution in [0.1, 0.15) is 88.5 Å². The predicted octanol–water partition coefficient (Wildman–Crippen LogP) is 5.42. The lowest BCUT2D eigenvalue weighted by molar-refractivity contribution is -0.115. The number of unbranched alkanes of at least 4 members (excludes halogenated alkanes) is 2. The van der Waals surface area contributed by atoms with Crippen molar-refractivity contribution in [1.82, 2.24) is 0 Å². The van der Waals surface area contributed by atoms with E-state index in [0.717, 1.165) is 0 Å². The van der Waals surface area contributed by atoms with Gasteiger partial charge in [0.05, 0.1) is 17.3 Å². The second-order valence-electron chi connectivity index (χ2n) is 5.28. The van der Waals surface area contributed by atoms with Gasteiger partial charge in [0.15, 0.2) is 11.6 Å². The van der Waals surface area contributed by atoms with Gasteiger partial charge in [0.25, 0.3) is 0 Å². The van der Waals surface area contributed by atoms with Gasteiger partial charge in [-0.05, 0) is 13.8 Å². The molecule has 0 aliphatic carbocycles. The topological polar surface area (TPSA) is 99.8 Å². The SMILES string of the molecule is CC.CC.CC(C)=O.CCCCC.CN=CC(C(=N)C(C)=O)C(=NC)C(C)=O. The van der Waals surface area contributed by atoms with Crippen LogP contribution in [0.15, 0.2) is 9.98 Å². The van der Waals surface area contributed by atoms with Crippen LogP contribution in [0.3, 0.4) is 0 Å². The van der Waals surface area contributed by atoms with Gasteiger partial charge >= 0.3 is 0 Å². The zero-order chi connectivity index (χ0) is 23.7. The summed E-state index contributed by atoms with van der Waals surface area (Å²) in [5, 5.41) is 7.56. The Balaban J connectivity index is -0.000000111. The van der Waals surface area contributed by atoms with Gasteiger partial charge in [-0.1, -0.05) is 60.8 Å². The summed E-state index contributed by atoms with van der Waals surface area (Å²) in [6.07, 6.45) is 5.46. The highest BCUT2D eigenvalue weighted by Crippen LogP contribution is 2.03. The van der Waals surface area contributed by atoms with Crippen molar-refractivity contribution in [2.75, 3.05) is 14.1 Å². The highest BCUT2D eigenvalue weighted by Gasteiger charge is 2.24. The van der Waals surface area contributed by atoms with Crippen LogP contribution in [0.5, 0.6) is 0 Å². The Morgan fingerprint density at radius 3 is 1.36 bits per heavy atom. The van der Waals surface area contributed by atoms with Crippen LogP contribution >= 0.6 is 0 Å². The summed E-state index contributed by atoms with van der Waals surface area (Å²) in [4.78, 5) is 39.2. The molecule has 0 saturated carbocycles. The van der Waals surface area contributed by atoms with Gasteiger partial charge in [0.2, 0.25) is 0 Å². The van der Waals surface area contributed by atoms with E-state index in [1.54, 1.807) is 0 Å². The molecule has 28 heavy (non-hydrogen) atoms. The Labute approximate surface area is 173 Å². The monoisotopic (exact) mass is 399 g/mol. The van der Waals surface area contributed by atoms with E-state index >= 15 is 0 Å². The number of aliphatic imine (C=N–C) groups is 2. The molecule has 0 spiro atoms. The van der Waals surface area contributed by atoms with Crippen molar-refractivity contribution >= 4 is 35.0 Å². The number of nitrogens with one attached hydrogen (secondary N) is 1. The third-order valence-electron chi connectivity index (χ3n) is 2.59. The fourth-order valence-corrected chi connectivity index (χ4v) is 1.52. The normalized spacial score (nSPS) is 10.4. The molecule has 6 nitrogen and oxygen atoms in total. The van der Waals surface area contributed by atoms with Gasteiger partial charge < -0.3 is 10.2 Å². The average Bonchev–Trinajstić information content (AvgIpc) is 2.64. The summed E-state index contributed by atoms with van der Waals surface area (Å²) in [6, 6.07) is 0. The summed E-state index contributed by atoms with van der Waals surface area (Å²) < 4.78 is 0. The maximum Gasteiger partial charge on any atom is 0.174 e. The number of Topliss-reactive ketones (excluding diaryl/α,β-unsaturated/α-hetero) is 3. The van der Waals surface area contributed by atoms with E-state index in [-0.39, 0.29) is 28.8 Å². The van der Waals surface area contributed by atoms with Crippen LogP contribution in [0.2, 0.25) is 0 Å². The number of carbonyl (C=O) groups excluding carboxylic acids is 3. The summed E-state index contributed by atoms with van der Waals surface area (Å²) in [5.41, 5.74) is 0.0113. The van der Waals surface area contributed by atoms with Crippen LogP contribution in [-0.4, -0.2) is 49.1 Å². The number of hydrogen-bond donors (Lipinski definition) is 1. The van der Waals surface area contributed by atoms with Crippen molar-refractivity contribution in [3.05, 3.63) is 0 Å². The maximum atomic E-state index is 11.2. The minimum Gasteiger partial charge on any atom is -0.301 e. The quantitative estimate of drug-likeness (QED) is 0.579. The summed E-state index contributed by atoms with van der Waals surface area (Å²) >= 11 is 0. The summed E-state index contributed by atoms with van der Waals surface area (Å²) in [6.45, 7) is 18.1. The first kappa shape index (κ1) is 36.9. The van der Waals surface area contributed by atoms with E-state index in [1.807, 2.05) is 27.7 Å². The standard InChI is InChI=1S/C10H15N3O2.C5H12.C3H6O.2C2H6/c1-6(14)9(11)8(5-12-3)10(13-4)7(2)15;1-3-5-4-2;1-3(2)4;2*1-2/h5,8,11H,1-4H3;3-5H2,1-2H3;1-2H3;2*1-2H3. The predicted molar refractivity (Wildman–Crippen MR) is 125 cm³/mol. The molecule has 0 heterocycles. The first-order valence-electron chi connectivity index (χ1n) is 10.1. The Morgan fingerprint density at radius 1 is 0.857 bits per heavy atom. The molecule has 0 aromatic rings. The molecule has 1 atom stereocenters. The van der Waals surface area contributed by atoms with Crippen LogP contribution in [0, 0.1) is 11.3 Å². The third kappa shape index (κ3) is 28.8. The molecule has 0 aromatic carbocycles. The molecule has 0 aliphatic heterocycles. The van der Waals surface area contributed by atoms with Crippen molar-refractivity contribution < 1.29 is 14.4 Å². The van der Waals surface area contributed by atoms with Crippen LogP contribution in [0.25, 0.3) is 0 Å². The molecule has 0 fully saturated rings. The molecular formula is C22H45N3O3. The van der Waals surface area contributed by atoms with Gasteiger partial charge in [-0.3, -0.25) is 19.6 Å². The molecule has 166 valence electrons. The van der Waals surface area contributed by atoms with Gasteiger partial charge in [0, 0.05) is 34.2 Å². The second kappa shape index (κ2) is 29.8. The minimum atomic E-state index is -0.727. The Hall–Kier alpha value is -1.98. The summed E-state index contributed by atoms with van der Waals surface area (Å²) in [5.74, 6) is -1.20. The largest absolute Gasteiger partial charge is 0.301 e. The molecule has 0 aromatic heterocycles. The minimum absolute atomic E-state index is 0.167. The maximum absolute atomic E-state index is 11.2. The van der Waals surface area contributed by atoms with Crippen molar-refractivity contribution in [1.29, 1.82) is 5.41 Å². The van der Waals surface area contributed by atoms with E-state index in [1.165, 1.54) is 67.3 Å². The highest BCUT2D eigenvalue weighted by molar-refractivity contribution is 6.55. The molecule has 1 N–H and O–H groups in total. The Kier molecular flexibility index (Phi) is 39.2. The smallest absolute Gasteiger partial charge is 0.174 e. The highest BCUT2D eigenvalue weighted by atomic mass is 16.1. The molecule has 0 bridgehead atoms. The molecule has 6 heteroatoms. The molecule has 0 aliphatic rings. The zero-order valence-corrected chi connectivity index (χ0v) is 20.4. The van der Waals surface area contributed by atoms with Crippen LogP contribution in [0.4, 0.5) is 0 Å². The fraction of sp³-hybridized carbons (Fsp3) is 0.727. The lowest BCUT2D eigenvalue weighted by Gasteiger charge is -2.11. The van der Waals surface area contributed by atoms with Gasteiger partial charge in [-0.2, -0.15) is 0 Å². The summed E-state index contributed by atoms with van der Waals surface area (Å²) in [7, 11) is 2.98. The van der Waals surface area contributed by atoms with Crippen LogP contribution < -0.4 is 0 Å². The first-order chi connectivity index (χ1) is 13.1. The van der Waals surface area contributed by atoms with E-state index in [4.69, 9.17) is 5.41 Å². The van der Waals surface area contributed by atoms with E-state index in [9.17, 15) is 14.4 Å². The van der Waals surface area contributed by atoms with E-state index in [0.29, 0.717) is 0 Å². The van der Waals surface area contributed by atoms with Crippen molar-refractivity contribution in [2.45, 2.75) is 88.5 Å². The molecule has 0 amide bonds. The number of hydrogen-bond acceptors (Lipinski definition) is 6. The molecule has 0 rings (SSSR count). The van der Waals surface area contributed by atoms with E-state index in [2.05, 4.69) is 23.8 Å². The number of nitrogens with zero attached hydrogens (tertiary/aromatic N) is 2. The number of ketones is 3. The van der Waals surface area contributed by atoms with Gasteiger partial charge in [-0.25, -0.2) is 0 Å². The fourth-order valence-electron chi connectivity index (χ4n) is 1.52. The molecule has 1 unspecified atom stereocenters. The number of carbonyl (C=O) groups is 3. The lowest BCUT2D eigenvalue weighted by atomic mass is 9.94. The van der Waals surface area contributed by atoms with E-state index < -0.39 is 5.92 Å². The molecule has 0 saturated heterocycles. The zero-order valence-electron chi connectivity index (χ0n) is 20.4. The second-order valence-corrected chi connectivity index (χ2v) is 5.28. The Bertz CT molecular complexity index is 462. The Morgan fingerprint density at radius 2 is 1.21 bits per heavy atom. The van der Waals surface area contributed by atoms with Gasteiger partial charge in [0.1, 0.15) is 5.78 Å². The van der Waals surface area contributed by atoms with Crippen molar-refractivity contribution in [2.24, 2.45) is 15.9 Å². The van der Waals surface area contributed by atoms with Crippen LogP contribution in [-0.2, 0) is 14.4 Å². The first-order valence-corrected chi connectivity index (χ1v) is 10.1. The van der Waals surface area contributed by atoms with Gasteiger partial charge in [-0.15, -0.1) is 0 Å². The number of rotatable bonds is 7. The molecular weight excluding hydrogens is 354 g/mol. The lowest BCUT2D eigenvalue weighted by Crippen LogP contribution is -2.33.